The van der Waals surface area contributed by atoms with E-state index >= 15 is 0 Å². The largest absolute Gasteiger partial charge is 0.396 e. The molecule has 2 heterocycles. The van der Waals surface area contributed by atoms with Crippen LogP contribution in [0.5, 0.6) is 0 Å². The number of hydrogen-bond donors (Lipinski definition) is 3. The molecule has 1 fully saturated rings. The Morgan fingerprint density at radius 3 is 2.72 bits per heavy atom. The lowest BCUT2D eigenvalue weighted by Gasteiger charge is -2.19. The molecule has 0 saturated heterocycles. The summed E-state index contributed by atoms with van der Waals surface area (Å²) in [6.07, 6.45) is 5.04. The zero-order chi connectivity index (χ0) is 22.3. The predicted molar refractivity (Wildman–Crippen MR) is 136 cm³/mol. The van der Waals surface area contributed by atoms with Crippen LogP contribution in [0.2, 0.25) is 0 Å². The molecule has 8 heteroatoms. The Kier molecular flexibility index (Phi) is 7.78. The highest BCUT2D eigenvalue weighted by Gasteiger charge is 2.26. The van der Waals surface area contributed by atoms with Crippen LogP contribution in [-0.2, 0) is 6.54 Å². The third kappa shape index (κ3) is 5.68. The normalized spacial score (nSPS) is 18.7. The van der Waals surface area contributed by atoms with E-state index in [9.17, 15) is 5.11 Å². The maximum Gasteiger partial charge on any atom is 0.225 e. The molecule has 3 N–H and O–H groups in total. The van der Waals surface area contributed by atoms with Gasteiger partial charge in [-0.3, -0.25) is 0 Å². The minimum atomic E-state index is 0.243. The van der Waals surface area contributed by atoms with Crippen molar-refractivity contribution >= 4 is 45.6 Å². The van der Waals surface area contributed by atoms with E-state index in [1.165, 1.54) is 4.88 Å². The van der Waals surface area contributed by atoms with E-state index in [4.69, 9.17) is 15.0 Å². The molecule has 2 atom stereocenters. The Bertz CT molecular complexity index is 1040. The van der Waals surface area contributed by atoms with Gasteiger partial charge in [-0.05, 0) is 61.9 Å². The number of nitrogens with zero attached hydrogens (tertiary/aromatic N) is 3. The molecule has 0 aliphatic heterocycles. The SMILES string of the molecule is CSC(=Nc1ccccc1)c1c(C)nc(NCc2cccs2)nc1NC1CCC(CO)C1. The monoisotopic (exact) mass is 467 g/mol. The van der Waals surface area contributed by atoms with Crippen molar-refractivity contribution in [1.29, 1.82) is 0 Å². The summed E-state index contributed by atoms with van der Waals surface area (Å²) in [5.41, 5.74) is 2.73. The van der Waals surface area contributed by atoms with Crippen molar-refractivity contribution in [1.82, 2.24) is 9.97 Å². The fraction of sp³-hybridized carbons (Fsp3) is 0.375. The Morgan fingerprint density at radius 1 is 1.19 bits per heavy atom. The number of hydrogen-bond acceptors (Lipinski definition) is 8. The highest BCUT2D eigenvalue weighted by molar-refractivity contribution is 8.13. The average molecular weight is 468 g/mol. The van der Waals surface area contributed by atoms with E-state index in [-0.39, 0.29) is 12.6 Å². The van der Waals surface area contributed by atoms with Gasteiger partial charge in [0, 0.05) is 17.5 Å². The fourth-order valence-corrected chi connectivity index (χ4v) is 5.27. The van der Waals surface area contributed by atoms with Crippen molar-refractivity contribution in [3.05, 3.63) is 64.0 Å². The quantitative estimate of drug-likeness (QED) is 0.301. The summed E-state index contributed by atoms with van der Waals surface area (Å²) < 4.78 is 0. The summed E-state index contributed by atoms with van der Waals surface area (Å²) in [6.45, 7) is 2.95. The smallest absolute Gasteiger partial charge is 0.225 e. The second-order valence-corrected chi connectivity index (χ2v) is 9.78. The Hall–Kier alpha value is -2.42. The number of benzene rings is 1. The zero-order valence-electron chi connectivity index (χ0n) is 18.4. The molecule has 0 bridgehead atoms. The van der Waals surface area contributed by atoms with Crippen molar-refractivity contribution in [2.75, 3.05) is 23.5 Å². The van der Waals surface area contributed by atoms with Crippen LogP contribution in [0.4, 0.5) is 17.5 Å². The number of thiophene rings is 1. The molecular weight excluding hydrogens is 438 g/mol. The highest BCUT2D eigenvalue weighted by atomic mass is 32.2. The van der Waals surface area contributed by atoms with E-state index < -0.39 is 0 Å². The van der Waals surface area contributed by atoms with Gasteiger partial charge in [-0.15, -0.1) is 23.1 Å². The van der Waals surface area contributed by atoms with Crippen molar-refractivity contribution in [3.8, 4) is 0 Å². The molecule has 3 aromatic rings. The number of thioether (sulfide) groups is 1. The molecule has 1 aliphatic carbocycles. The van der Waals surface area contributed by atoms with Crippen LogP contribution in [-0.4, -0.2) is 39.0 Å². The predicted octanol–water partition coefficient (Wildman–Crippen LogP) is 5.47. The van der Waals surface area contributed by atoms with Gasteiger partial charge in [0.2, 0.25) is 5.95 Å². The third-order valence-electron chi connectivity index (χ3n) is 5.63. The highest BCUT2D eigenvalue weighted by Crippen LogP contribution is 2.31. The first-order valence-electron chi connectivity index (χ1n) is 10.9. The standard InChI is InChI=1S/C24H29N5OS2/c1-16-21(23(31-2)28-18-7-4-3-5-8-18)22(27-19-11-10-17(13-19)15-30)29-24(26-16)25-14-20-9-6-12-32-20/h3-9,12,17,19,30H,10-11,13-15H2,1-2H3,(H2,25,26,27,29). The summed E-state index contributed by atoms with van der Waals surface area (Å²) in [7, 11) is 0. The van der Waals surface area contributed by atoms with Crippen molar-refractivity contribution in [2.45, 2.75) is 38.8 Å². The third-order valence-corrected chi connectivity index (χ3v) is 7.18. The van der Waals surface area contributed by atoms with Crippen molar-refractivity contribution in [2.24, 2.45) is 10.9 Å². The molecule has 0 spiro atoms. The number of para-hydroxylation sites is 1. The fourth-order valence-electron chi connectivity index (χ4n) is 3.98. The number of aliphatic hydroxyl groups excluding tert-OH is 1. The van der Waals surface area contributed by atoms with Crippen LogP contribution in [0.15, 0.2) is 52.8 Å². The lowest BCUT2D eigenvalue weighted by Crippen LogP contribution is -2.21. The van der Waals surface area contributed by atoms with Crippen LogP contribution in [0.25, 0.3) is 0 Å². The maximum absolute atomic E-state index is 9.56. The van der Waals surface area contributed by atoms with Gasteiger partial charge in [0.15, 0.2) is 0 Å². The van der Waals surface area contributed by atoms with Crippen LogP contribution < -0.4 is 10.6 Å². The molecule has 0 amide bonds. The van der Waals surface area contributed by atoms with Crippen LogP contribution in [0.1, 0.15) is 35.4 Å². The summed E-state index contributed by atoms with van der Waals surface area (Å²) in [6, 6.07) is 14.4. The van der Waals surface area contributed by atoms with Gasteiger partial charge in [0.25, 0.3) is 0 Å². The topological polar surface area (TPSA) is 82.4 Å². The van der Waals surface area contributed by atoms with Crippen LogP contribution >= 0.6 is 23.1 Å². The summed E-state index contributed by atoms with van der Waals surface area (Å²) in [4.78, 5) is 15.8. The first-order chi connectivity index (χ1) is 15.7. The number of nitrogens with one attached hydrogen (secondary N) is 2. The maximum atomic E-state index is 9.56. The molecule has 1 saturated carbocycles. The number of anilines is 2. The summed E-state index contributed by atoms with van der Waals surface area (Å²) >= 11 is 3.31. The molecule has 0 radical (unpaired) electrons. The molecule has 168 valence electrons. The van der Waals surface area contributed by atoms with Gasteiger partial charge in [-0.25, -0.2) is 9.98 Å². The van der Waals surface area contributed by atoms with Gasteiger partial charge in [0.1, 0.15) is 10.9 Å². The molecule has 4 rings (SSSR count). The number of aryl methyl sites for hydroxylation is 1. The Labute approximate surface area is 197 Å². The first kappa shape index (κ1) is 22.8. The average Bonchev–Trinajstić information content (AvgIpc) is 3.49. The minimum Gasteiger partial charge on any atom is -0.396 e. The van der Waals surface area contributed by atoms with Gasteiger partial charge in [0.05, 0.1) is 23.5 Å². The van der Waals surface area contributed by atoms with Crippen LogP contribution in [0, 0.1) is 12.8 Å². The second kappa shape index (κ2) is 10.9. The molecule has 2 unspecified atom stereocenters. The first-order valence-corrected chi connectivity index (χ1v) is 13.0. The molecular formula is C24H29N5OS2. The Morgan fingerprint density at radius 2 is 2.03 bits per heavy atom. The molecule has 32 heavy (non-hydrogen) atoms. The zero-order valence-corrected chi connectivity index (χ0v) is 20.0. The Balaban J connectivity index is 1.67. The van der Waals surface area contributed by atoms with E-state index in [1.807, 2.05) is 49.6 Å². The number of rotatable bonds is 8. The molecule has 6 nitrogen and oxygen atoms in total. The minimum absolute atomic E-state index is 0.243. The lowest BCUT2D eigenvalue weighted by atomic mass is 10.1. The summed E-state index contributed by atoms with van der Waals surface area (Å²) in [5, 5.41) is 19.5. The number of aromatic nitrogens is 2. The number of aliphatic hydroxyl groups is 1. The molecule has 2 aromatic heterocycles. The summed E-state index contributed by atoms with van der Waals surface area (Å²) in [5.74, 6) is 1.77. The van der Waals surface area contributed by atoms with E-state index in [1.54, 1.807) is 23.1 Å². The van der Waals surface area contributed by atoms with Crippen LogP contribution in [0.3, 0.4) is 0 Å². The van der Waals surface area contributed by atoms with Gasteiger partial charge < -0.3 is 15.7 Å². The van der Waals surface area contributed by atoms with Gasteiger partial charge in [-0.2, -0.15) is 4.98 Å². The lowest BCUT2D eigenvalue weighted by molar-refractivity contribution is 0.229. The van der Waals surface area contributed by atoms with E-state index in [2.05, 4.69) is 22.1 Å². The molecule has 1 aliphatic rings. The van der Waals surface area contributed by atoms with Gasteiger partial charge in [-0.1, -0.05) is 24.3 Å². The van der Waals surface area contributed by atoms with E-state index in [0.29, 0.717) is 18.4 Å². The van der Waals surface area contributed by atoms with Crippen molar-refractivity contribution in [3.63, 3.8) is 0 Å². The van der Waals surface area contributed by atoms with Crippen molar-refractivity contribution < 1.29 is 5.11 Å². The van der Waals surface area contributed by atoms with E-state index in [0.717, 1.165) is 47.1 Å². The number of aliphatic imine (C=N–C) groups is 1. The van der Waals surface area contributed by atoms with Gasteiger partial charge >= 0.3 is 0 Å². The molecule has 1 aromatic carbocycles. The second-order valence-electron chi connectivity index (χ2n) is 7.95.